The number of likely N-dealkylation sites (N-methyl/N-ethyl adjacent to an activating group) is 2. The normalized spacial score (nSPS) is 17.1. The predicted octanol–water partition coefficient (Wildman–Crippen LogP) is 0.198. The Balaban J connectivity index is 2.02. The lowest BCUT2D eigenvalue weighted by Crippen LogP contribution is -2.43. The summed E-state index contributed by atoms with van der Waals surface area (Å²) < 4.78 is 5.58. The third-order valence-corrected chi connectivity index (χ3v) is 3.26. The lowest BCUT2D eigenvalue weighted by molar-refractivity contribution is -0.120. The van der Waals surface area contributed by atoms with Crippen molar-refractivity contribution in [2.75, 3.05) is 39.9 Å². The molecule has 0 aromatic heterocycles. The van der Waals surface area contributed by atoms with Gasteiger partial charge in [0.2, 0.25) is 5.91 Å². The molecule has 5 nitrogen and oxygen atoms in total. The first kappa shape index (κ1) is 15.4. The van der Waals surface area contributed by atoms with E-state index in [0.29, 0.717) is 0 Å². The molecule has 0 aromatic carbocycles. The molecule has 106 valence electrons. The van der Waals surface area contributed by atoms with Crippen LogP contribution >= 0.6 is 0 Å². The maximum Gasteiger partial charge on any atom is 0.234 e. The second-order valence-corrected chi connectivity index (χ2v) is 5.12. The van der Waals surface area contributed by atoms with Gasteiger partial charge < -0.3 is 20.7 Å². The van der Waals surface area contributed by atoms with Crippen molar-refractivity contribution in [3.63, 3.8) is 0 Å². The highest BCUT2D eigenvalue weighted by Crippen LogP contribution is 2.28. The number of hydrogen-bond acceptors (Lipinski definition) is 4. The number of primary amides is 1. The predicted molar refractivity (Wildman–Crippen MR) is 72.3 cm³/mol. The first-order valence-electron chi connectivity index (χ1n) is 6.92. The second kappa shape index (κ2) is 8.45. The zero-order valence-corrected chi connectivity index (χ0v) is 11.7. The molecule has 18 heavy (non-hydrogen) atoms. The lowest BCUT2D eigenvalue weighted by atomic mass is 10.2. The summed E-state index contributed by atoms with van der Waals surface area (Å²) in [7, 11) is 2.05. The van der Waals surface area contributed by atoms with E-state index >= 15 is 0 Å². The van der Waals surface area contributed by atoms with Gasteiger partial charge >= 0.3 is 0 Å². The molecule has 0 saturated heterocycles. The largest absolute Gasteiger partial charge is 0.380 e. The van der Waals surface area contributed by atoms with Crippen molar-refractivity contribution in [3.8, 4) is 0 Å². The van der Waals surface area contributed by atoms with Crippen LogP contribution in [0.15, 0.2) is 0 Å². The van der Waals surface area contributed by atoms with Crippen molar-refractivity contribution >= 4 is 5.91 Å². The summed E-state index contributed by atoms with van der Waals surface area (Å²) in [5.41, 5.74) is 5.33. The Morgan fingerprint density at radius 2 is 2.22 bits per heavy atom. The summed E-state index contributed by atoms with van der Waals surface area (Å²) in [5.74, 6) is 0.554. The fourth-order valence-electron chi connectivity index (χ4n) is 1.81. The summed E-state index contributed by atoms with van der Waals surface area (Å²) in [4.78, 5) is 13.3. The van der Waals surface area contributed by atoms with E-state index in [9.17, 15) is 4.79 Å². The van der Waals surface area contributed by atoms with E-state index in [1.807, 2.05) is 14.0 Å². The van der Waals surface area contributed by atoms with Gasteiger partial charge in [-0.3, -0.25) is 4.79 Å². The molecular formula is C13H27N3O2. The van der Waals surface area contributed by atoms with Crippen LogP contribution in [0.5, 0.6) is 0 Å². The van der Waals surface area contributed by atoms with Crippen LogP contribution in [-0.2, 0) is 9.53 Å². The minimum Gasteiger partial charge on any atom is -0.380 e. The minimum absolute atomic E-state index is 0.218. The van der Waals surface area contributed by atoms with Crippen molar-refractivity contribution < 1.29 is 9.53 Å². The van der Waals surface area contributed by atoms with Gasteiger partial charge in [0.25, 0.3) is 0 Å². The van der Waals surface area contributed by atoms with E-state index in [4.69, 9.17) is 10.5 Å². The molecule has 1 atom stereocenters. The summed E-state index contributed by atoms with van der Waals surface area (Å²) in [6.45, 7) is 6.19. The number of hydrogen-bond donors (Lipinski definition) is 2. The minimum atomic E-state index is -0.268. The van der Waals surface area contributed by atoms with Crippen LogP contribution in [-0.4, -0.2) is 56.7 Å². The molecule has 0 heterocycles. The zero-order chi connectivity index (χ0) is 13.4. The van der Waals surface area contributed by atoms with E-state index in [0.717, 1.165) is 45.2 Å². The second-order valence-electron chi connectivity index (χ2n) is 5.12. The number of nitrogens with one attached hydrogen (secondary N) is 1. The number of ether oxygens (including phenoxy) is 1. The molecule has 1 aliphatic rings. The van der Waals surface area contributed by atoms with Gasteiger partial charge in [0, 0.05) is 13.2 Å². The standard InChI is InChI=1S/C13H27N3O2/c1-3-15-12(13(14)17)6-7-16(2)8-9-18-10-11-4-5-11/h11-12,15H,3-10H2,1-2H3,(H2,14,17). The number of amides is 1. The topological polar surface area (TPSA) is 67.6 Å². The number of rotatable bonds is 11. The smallest absolute Gasteiger partial charge is 0.234 e. The zero-order valence-electron chi connectivity index (χ0n) is 11.7. The molecule has 1 rings (SSSR count). The van der Waals surface area contributed by atoms with E-state index < -0.39 is 0 Å². The fourth-order valence-corrected chi connectivity index (χ4v) is 1.81. The molecule has 1 fully saturated rings. The lowest BCUT2D eigenvalue weighted by Gasteiger charge is -2.20. The molecule has 0 aliphatic heterocycles. The first-order valence-corrected chi connectivity index (χ1v) is 6.92. The summed E-state index contributed by atoms with van der Waals surface area (Å²) in [6.07, 6.45) is 3.42. The average Bonchev–Trinajstić information content (AvgIpc) is 3.13. The molecule has 1 aliphatic carbocycles. The Morgan fingerprint density at radius 3 is 2.78 bits per heavy atom. The van der Waals surface area contributed by atoms with E-state index in [2.05, 4.69) is 10.2 Å². The van der Waals surface area contributed by atoms with E-state index in [1.165, 1.54) is 12.8 Å². The van der Waals surface area contributed by atoms with Crippen LogP contribution in [0.25, 0.3) is 0 Å². The SMILES string of the molecule is CCNC(CCN(C)CCOCC1CC1)C(N)=O. The molecule has 1 saturated carbocycles. The molecule has 0 spiro atoms. The molecule has 0 bridgehead atoms. The molecule has 5 heteroatoms. The number of nitrogens with two attached hydrogens (primary N) is 1. The van der Waals surface area contributed by atoms with Crippen LogP contribution in [0.1, 0.15) is 26.2 Å². The van der Waals surface area contributed by atoms with Gasteiger partial charge in [0.1, 0.15) is 0 Å². The van der Waals surface area contributed by atoms with Crippen molar-refractivity contribution in [1.29, 1.82) is 0 Å². The maximum atomic E-state index is 11.2. The molecule has 0 radical (unpaired) electrons. The van der Waals surface area contributed by atoms with Gasteiger partial charge in [-0.15, -0.1) is 0 Å². The number of carbonyl (C=O) groups is 1. The van der Waals surface area contributed by atoms with Crippen LogP contribution in [0, 0.1) is 5.92 Å². The summed E-state index contributed by atoms with van der Waals surface area (Å²) in [6, 6.07) is -0.218. The Bertz CT molecular complexity index is 244. The quantitative estimate of drug-likeness (QED) is 0.519. The Labute approximate surface area is 110 Å². The van der Waals surface area contributed by atoms with E-state index in [-0.39, 0.29) is 11.9 Å². The highest BCUT2D eigenvalue weighted by Gasteiger charge is 2.21. The van der Waals surface area contributed by atoms with Crippen LogP contribution in [0.3, 0.4) is 0 Å². The summed E-state index contributed by atoms with van der Waals surface area (Å²) in [5, 5.41) is 3.10. The number of carbonyl (C=O) groups excluding carboxylic acids is 1. The molecule has 0 aromatic rings. The van der Waals surface area contributed by atoms with Gasteiger partial charge in [-0.25, -0.2) is 0 Å². The van der Waals surface area contributed by atoms with Crippen molar-refractivity contribution in [3.05, 3.63) is 0 Å². The summed E-state index contributed by atoms with van der Waals surface area (Å²) >= 11 is 0. The van der Waals surface area contributed by atoms with Crippen molar-refractivity contribution in [1.82, 2.24) is 10.2 Å². The van der Waals surface area contributed by atoms with Crippen LogP contribution in [0.2, 0.25) is 0 Å². The van der Waals surface area contributed by atoms with Gasteiger partial charge in [0.15, 0.2) is 0 Å². The highest BCUT2D eigenvalue weighted by atomic mass is 16.5. The molecule has 1 unspecified atom stereocenters. The Hall–Kier alpha value is -0.650. The maximum absolute atomic E-state index is 11.2. The average molecular weight is 257 g/mol. The van der Waals surface area contributed by atoms with Crippen molar-refractivity contribution in [2.24, 2.45) is 11.7 Å². The fraction of sp³-hybridized carbons (Fsp3) is 0.923. The Morgan fingerprint density at radius 1 is 1.50 bits per heavy atom. The van der Waals surface area contributed by atoms with Gasteiger partial charge in [0.05, 0.1) is 12.6 Å². The van der Waals surface area contributed by atoms with E-state index in [1.54, 1.807) is 0 Å². The molecule has 3 N–H and O–H groups in total. The number of nitrogens with zero attached hydrogens (tertiary/aromatic N) is 1. The Kier molecular flexibility index (Phi) is 7.23. The first-order chi connectivity index (χ1) is 8.63. The van der Waals surface area contributed by atoms with Crippen LogP contribution < -0.4 is 11.1 Å². The molecule has 1 amide bonds. The van der Waals surface area contributed by atoms with Crippen molar-refractivity contribution in [2.45, 2.75) is 32.2 Å². The third kappa shape index (κ3) is 6.93. The van der Waals surface area contributed by atoms with Crippen LogP contribution in [0.4, 0.5) is 0 Å². The third-order valence-electron chi connectivity index (χ3n) is 3.26. The van der Waals surface area contributed by atoms with Gasteiger partial charge in [-0.05, 0) is 45.3 Å². The molecular weight excluding hydrogens is 230 g/mol. The van der Waals surface area contributed by atoms with Gasteiger partial charge in [-0.1, -0.05) is 6.92 Å². The monoisotopic (exact) mass is 257 g/mol. The highest BCUT2D eigenvalue weighted by molar-refractivity contribution is 5.79. The van der Waals surface area contributed by atoms with Gasteiger partial charge in [-0.2, -0.15) is 0 Å².